The van der Waals surface area contributed by atoms with Crippen molar-refractivity contribution >= 4 is 36.3 Å². The maximum absolute atomic E-state index is 11.8. The van der Waals surface area contributed by atoms with E-state index in [2.05, 4.69) is 20.3 Å². The number of nitro groups is 1. The van der Waals surface area contributed by atoms with Gasteiger partial charge >= 0.3 is 7.87 Å². The highest BCUT2D eigenvalue weighted by Gasteiger charge is 2.42. The van der Waals surface area contributed by atoms with E-state index < -0.39 is 7.87 Å². The van der Waals surface area contributed by atoms with Crippen LogP contribution in [0.1, 0.15) is 16.7 Å². The molecule has 0 aromatic heterocycles. The first-order chi connectivity index (χ1) is 16.8. The summed E-state index contributed by atoms with van der Waals surface area (Å²) in [6.45, 7) is 6.10. The Kier molecular flexibility index (Phi) is 8.75. The van der Waals surface area contributed by atoms with Crippen molar-refractivity contribution < 1.29 is 17.3 Å². The molecule has 186 valence electrons. The number of nitrogens with zero attached hydrogens (tertiary/aromatic N) is 1. The average Bonchev–Trinajstić information content (AvgIpc) is 2.84. The molecule has 9 heteroatoms. The Balaban J connectivity index is 0.00000361. The van der Waals surface area contributed by atoms with E-state index in [1.165, 1.54) is 6.07 Å². The molecular weight excluding hydrogens is 493 g/mol. The van der Waals surface area contributed by atoms with Crippen molar-refractivity contribution in [2.24, 2.45) is 0 Å². The van der Waals surface area contributed by atoms with E-state index in [1.54, 1.807) is 18.2 Å². The summed E-state index contributed by atoms with van der Waals surface area (Å²) in [5.41, 5.74) is 6.44. The molecule has 0 fully saturated rings. The number of anilines is 4. The Hall–Kier alpha value is -3.80. The summed E-state index contributed by atoms with van der Waals surface area (Å²) < 4.78 is 0. The summed E-state index contributed by atoms with van der Waals surface area (Å²) in [7, 11) is -2.80. The third kappa shape index (κ3) is 6.87. The van der Waals surface area contributed by atoms with Gasteiger partial charge < -0.3 is 12.4 Å². The van der Waals surface area contributed by atoms with Crippen LogP contribution in [0.5, 0.6) is 0 Å². The van der Waals surface area contributed by atoms with Gasteiger partial charge in [0.1, 0.15) is 0 Å². The monoisotopic (exact) mass is 521 g/mol. The number of halogens is 1. The maximum Gasteiger partial charge on any atom is 0.395 e. The first-order valence-corrected chi connectivity index (χ1v) is 13.1. The third-order valence-corrected chi connectivity index (χ3v) is 7.79. The predicted molar refractivity (Wildman–Crippen MR) is 148 cm³/mol. The molecule has 0 heterocycles. The van der Waals surface area contributed by atoms with E-state index in [1.807, 2.05) is 93.6 Å². The van der Waals surface area contributed by atoms with Crippen LogP contribution in [0.4, 0.5) is 28.4 Å². The number of aryl methyl sites for hydroxylation is 3. The van der Waals surface area contributed by atoms with Crippen LogP contribution in [-0.4, -0.2) is 4.92 Å². The highest BCUT2D eigenvalue weighted by molar-refractivity contribution is 7.81. The minimum Gasteiger partial charge on any atom is -1.00 e. The molecule has 7 nitrogen and oxygen atoms in total. The lowest BCUT2D eigenvalue weighted by Gasteiger charge is -2.29. The van der Waals surface area contributed by atoms with Crippen LogP contribution in [0, 0.1) is 30.9 Å². The standard InChI is InChI=1S/C27H29N5O2P.ClH/c1-20-8-14-23(15-9-20)28-35(29-24-16-10-21(2)11-17-24,30-25-18-12-22(3)13-19-25)31-26-6-4-5-7-27(26)32(33)34;/h4-19,28-31H,1-3H3;1H/q+1;/p-1. The number of rotatable bonds is 9. The molecule has 0 aliphatic carbocycles. The molecule has 0 aliphatic heterocycles. The van der Waals surface area contributed by atoms with Crippen molar-refractivity contribution in [2.75, 3.05) is 20.3 Å². The summed E-state index contributed by atoms with van der Waals surface area (Å²) in [5, 5.41) is 26.1. The summed E-state index contributed by atoms with van der Waals surface area (Å²) in [4.78, 5) is 11.4. The lowest BCUT2D eigenvalue weighted by Crippen LogP contribution is -3.00. The molecule has 0 amide bonds. The Labute approximate surface area is 218 Å². The van der Waals surface area contributed by atoms with Gasteiger partial charge in [0.05, 0.1) is 22.0 Å². The van der Waals surface area contributed by atoms with Gasteiger partial charge in [0.15, 0.2) is 5.69 Å². The van der Waals surface area contributed by atoms with Crippen molar-refractivity contribution in [2.45, 2.75) is 20.8 Å². The number of hydrogen-bond donors (Lipinski definition) is 4. The molecule has 0 bridgehead atoms. The highest BCUT2D eigenvalue weighted by Crippen LogP contribution is 2.57. The number of para-hydroxylation sites is 2. The molecule has 4 aromatic rings. The van der Waals surface area contributed by atoms with Gasteiger partial charge in [-0.3, -0.25) is 10.1 Å². The molecule has 0 saturated carbocycles. The van der Waals surface area contributed by atoms with Gasteiger partial charge in [-0.2, -0.15) is 5.09 Å². The van der Waals surface area contributed by atoms with Gasteiger partial charge in [0.25, 0.3) is 5.69 Å². The summed E-state index contributed by atoms with van der Waals surface area (Å²) >= 11 is 0. The van der Waals surface area contributed by atoms with Crippen LogP contribution < -0.4 is 32.8 Å². The molecule has 4 aromatic carbocycles. The molecular formula is C27H29ClN5O2P. The van der Waals surface area contributed by atoms with Gasteiger partial charge in [-0.05, 0) is 63.2 Å². The fraction of sp³-hybridized carbons (Fsp3) is 0.111. The van der Waals surface area contributed by atoms with Crippen LogP contribution in [0.15, 0.2) is 97.1 Å². The maximum atomic E-state index is 11.8. The lowest BCUT2D eigenvalue weighted by atomic mass is 10.2. The van der Waals surface area contributed by atoms with Gasteiger partial charge in [-0.15, -0.1) is 0 Å². The zero-order valence-electron chi connectivity index (χ0n) is 20.3. The summed E-state index contributed by atoms with van der Waals surface area (Å²) in [6.07, 6.45) is 0. The van der Waals surface area contributed by atoms with Crippen LogP contribution in [0.3, 0.4) is 0 Å². The second-order valence-corrected chi connectivity index (χ2v) is 10.7. The number of nitrogens with one attached hydrogen (secondary N) is 4. The fourth-order valence-corrected chi connectivity index (χ4v) is 6.04. The third-order valence-electron chi connectivity index (χ3n) is 5.43. The molecule has 0 unspecified atom stereocenters. The normalized spacial score (nSPS) is 10.6. The molecule has 0 spiro atoms. The fourth-order valence-electron chi connectivity index (χ4n) is 3.54. The number of nitro benzene ring substituents is 1. The molecule has 0 radical (unpaired) electrons. The Morgan fingerprint density at radius 3 is 1.31 bits per heavy atom. The van der Waals surface area contributed by atoms with E-state index in [4.69, 9.17) is 0 Å². The Morgan fingerprint density at radius 2 is 0.944 bits per heavy atom. The summed E-state index contributed by atoms with van der Waals surface area (Å²) in [5.74, 6) is 0. The van der Waals surface area contributed by atoms with E-state index >= 15 is 0 Å². The van der Waals surface area contributed by atoms with Crippen molar-refractivity contribution in [1.82, 2.24) is 0 Å². The zero-order chi connectivity index (χ0) is 24.8. The topological polar surface area (TPSA) is 91.3 Å². The van der Waals surface area contributed by atoms with Gasteiger partial charge in [0.2, 0.25) is 0 Å². The van der Waals surface area contributed by atoms with Crippen molar-refractivity contribution in [3.8, 4) is 0 Å². The highest BCUT2D eigenvalue weighted by atomic mass is 35.5. The second-order valence-electron chi connectivity index (χ2n) is 8.49. The molecule has 0 saturated heterocycles. The lowest BCUT2D eigenvalue weighted by molar-refractivity contribution is -0.383. The molecule has 36 heavy (non-hydrogen) atoms. The second kappa shape index (κ2) is 11.8. The van der Waals surface area contributed by atoms with Crippen LogP contribution >= 0.6 is 7.87 Å². The van der Waals surface area contributed by atoms with Gasteiger partial charge in [-0.25, -0.2) is 15.3 Å². The molecule has 4 rings (SSSR count). The Morgan fingerprint density at radius 1 is 0.583 bits per heavy atom. The van der Waals surface area contributed by atoms with Gasteiger partial charge in [-0.1, -0.05) is 65.2 Å². The Bertz CT molecular complexity index is 1180. The van der Waals surface area contributed by atoms with E-state index in [0.29, 0.717) is 5.69 Å². The summed E-state index contributed by atoms with van der Waals surface area (Å²) in [6, 6.07) is 30.8. The molecule has 0 atom stereocenters. The minimum absolute atomic E-state index is 0. The SMILES string of the molecule is Cc1ccc(N[P+](Nc2ccc(C)cc2)(Nc2ccc(C)cc2)Nc2ccccc2[N+](=O)[O-])cc1.[Cl-]. The minimum atomic E-state index is -2.80. The predicted octanol–water partition coefficient (Wildman–Crippen LogP) is 4.95. The van der Waals surface area contributed by atoms with Crippen LogP contribution in [0.25, 0.3) is 0 Å². The quantitative estimate of drug-likeness (QED) is 0.141. The van der Waals surface area contributed by atoms with E-state index in [-0.39, 0.29) is 23.0 Å². The van der Waals surface area contributed by atoms with Gasteiger partial charge in [0, 0.05) is 6.07 Å². The van der Waals surface area contributed by atoms with E-state index in [0.717, 1.165) is 33.8 Å². The molecule has 0 aliphatic rings. The zero-order valence-corrected chi connectivity index (χ0v) is 22.0. The number of benzene rings is 4. The molecule has 4 N–H and O–H groups in total. The first-order valence-electron chi connectivity index (χ1n) is 11.3. The van der Waals surface area contributed by atoms with Crippen molar-refractivity contribution in [1.29, 1.82) is 0 Å². The largest absolute Gasteiger partial charge is 1.00 e. The van der Waals surface area contributed by atoms with Crippen LogP contribution in [-0.2, 0) is 0 Å². The smallest absolute Gasteiger partial charge is 0.395 e. The number of hydrogen-bond acceptors (Lipinski definition) is 6. The van der Waals surface area contributed by atoms with Crippen molar-refractivity contribution in [3.05, 3.63) is 124 Å². The van der Waals surface area contributed by atoms with Crippen molar-refractivity contribution in [3.63, 3.8) is 0 Å². The van der Waals surface area contributed by atoms with E-state index in [9.17, 15) is 10.1 Å². The average molecular weight is 522 g/mol. The first kappa shape index (κ1) is 26.8. The van der Waals surface area contributed by atoms with Crippen LogP contribution in [0.2, 0.25) is 0 Å².